The Bertz CT molecular complexity index is 772. The lowest BCUT2D eigenvalue weighted by Crippen LogP contribution is -2.41. The first-order valence-electron chi connectivity index (χ1n) is 8.82. The van der Waals surface area contributed by atoms with Crippen LogP contribution in [0.1, 0.15) is 40.5 Å². The molecule has 2 N–H and O–H groups in total. The number of ether oxygens (including phenoxy) is 2. The highest BCUT2D eigenvalue weighted by Gasteiger charge is 2.13. The molecule has 0 spiro atoms. The molecule has 27 heavy (non-hydrogen) atoms. The second kappa shape index (κ2) is 10.7. The minimum absolute atomic E-state index is 0.363. The Morgan fingerprint density at radius 2 is 1.70 bits per heavy atom. The third-order valence-electron chi connectivity index (χ3n) is 3.66. The molecule has 0 atom stereocenters. The first-order chi connectivity index (χ1) is 13.2. The lowest BCUT2D eigenvalue weighted by atomic mass is 10.2. The van der Waals surface area contributed by atoms with Crippen molar-refractivity contribution in [2.45, 2.75) is 19.8 Å². The molecule has 0 saturated heterocycles. The Labute approximate surface area is 159 Å². The first-order valence-corrected chi connectivity index (χ1v) is 8.82. The molecule has 0 heterocycles. The van der Waals surface area contributed by atoms with E-state index in [4.69, 9.17) is 9.47 Å². The quantitative estimate of drug-likeness (QED) is 0.403. The molecule has 2 rings (SSSR count). The van der Waals surface area contributed by atoms with Crippen molar-refractivity contribution in [1.29, 1.82) is 0 Å². The normalized spacial score (nSPS) is 9.96. The Kier molecular flexibility index (Phi) is 7.91. The van der Waals surface area contributed by atoms with Crippen LogP contribution in [0.5, 0.6) is 11.5 Å². The monoisotopic (exact) mass is 368 g/mol. The van der Waals surface area contributed by atoms with Crippen molar-refractivity contribution < 1.29 is 19.1 Å². The SMILES string of the molecule is C=CCOc1ccc(C(=O)NNC(=O)c2ccccc2OCCCC)cc1. The summed E-state index contributed by atoms with van der Waals surface area (Å²) in [7, 11) is 0. The van der Waals surface area contributed by atoms with Gasteiger partial charge < -0.3 is 9.47 Å². The number of amides is 2. The van der Waals surface area contributed by atoms with E-state index in [0.29, 0.717) is 35.8 Å². The molecule has 2 aromatic rings. The van der Waals surface area contributed by atoms with Crippen LogP contribution in [-0.4, -0.2) is 25.0 Å². The molecule has 0 aliphatic heterocycles. The summed E-state index contributed by atoms with van der Waals surface area (Å²) >= 11 is 0. The van der Waals surface area contributed by atoms with Gasteiger partial charge in [0.2, 0.25) is 0 Å². The van der Waals surface area contributed by atoms with Crippen LogP contribution in [-0.2, 0) is 0 Å². The smallest absolute Gasteiger partial charge is 0.273 e. The maximum atomic E-state index is 12.4. The van der Waals surface area contributed by atoms with Crippen LogP contribution in [0.2, 0.25) is 0 Å². The van der Waals surface area contributed by atoms with Crippen LogP contribution in [0.15, 0.2) is 61.2 Å². The van der Waals surface area contributed by atoms with Gasteiger partial charge >= 0.3 is 0 Å². The fourth-order valence-corrected chi connectivity index (χ4v) is 2.22. The Hall–Kier alpha value is -3.28. The van der Waals surface area contributed by atoms with E-state index < -0.39 is 11.8 Å². The van der Waals surface area contributed by atoms with Crippen molar-refractivity contribution in [2.24, 2.45) is 0 Å². The summed E-state index contributed by atoms with van der Waals surface area (Å²) in [6.07, 6.45) is 3.54. The maximum absolute atomic E-state index is 12.4. The number of hydrogen-bond acceptors (Lipinski definition) is 4. The summed E-state index contributed by atoms with van der Waals surface area (Å²) < 4.78 is 11.0. The van der Waals surface area contributed by atoms with E-state index in [9.17, 15) is 9.59 Å². The van der Waals surface area contributed by atoms with Gasteiger partial charge in [-0.1, -0.05) is 38.1 Å². The maximum Gasteiger partial charge on any atom is 0.273 e. The molecule has 0 bridgehead atoms. The molecule has 0 unspecified atom stereocenters. The molecule has 0 aliphatic carbocycles. The molecule has 6 nitrogen and oxygen atoms in total. The molecular formula is C21H24N2O4. The number of benzene rings is 2. The highest BCUT2D eigenvalue weighted by Crippen LogP contribution is 2.18. The van der Waals surface area contributed by atoms with Crippen molar-refractivity contribution in [1.82, 2.24) is 10.9 Å². The second-order valence-electron chi connectivity index (χ2n) is 5.73. The summed E-state index contributed by atoms with van der Waals surface area (Å²) in [5.41, 5.74) is 5.58. The van der Waals surface area contributed by atoms with Gasteiger partial charge in [-0.3, -0.25) is 20.4 Å². The van der Waals surface area contributed by atoms with Crippen LogP contribution < -0.4 is 20.3 Å². The minimum Gasteiger partial charge on any atom is -0.493 e. The zero-order valence-corrected chi connectivity index (χ0v) is 15.4. The molecule has 2 aromatic carbocycles. The lowest BCUT2D eigenvalue weighted by Gasteiger charge is -2.12. The number of para-hydroxylation sites is 1. The van der Waals surface area contributed by atoms with Crippen LogP contribution in [0.3, 0.4) is 0 Å². The Morgan fingerprint density at radius 3 is 2.41 bits per heavy atom. The molecule has 2 amide bonds. The molecule has 0 saturated carbocycles. The summed E-state index contributed by atoms with van der Waals surface area (Å²) in [5, 5.41) is 0. The fraction of sp³-hybridized carbons (Fsp3) is 0.238. The predicted octanol–water partition coefficient (Wildman–Crippen LogP) is 3.51. The molecule has 0 aromatic heterocycles. The van der Waals surface area contributed by atoms with Crippen LogP contribution in [0, 0.1) is 0 Å². The standard InChI is InChI=1S/C21H24N2O4/c1-3-5-15-27-19-9-7-6-8-18(19)21(25)23-22-20(24)16-10-12-17(13-11-16)26-14-4-2/h4,6-13H,2-3,5,14-15H2,1H3,(H,22,24)(H,23,25). The average Bonchev–Trinajstić information content (AvgIpc) is 2.71. The van der Waals surface area contributed by atoms with E-state index in [1.165, 1.54) is 0 Å². The summed E-state index contributed by atoms with van der Waals surface area (Å²) in [6, 6.07) is 13.5. The van der Waals surface area contributed by atoms with E-state index in [1.54, 1.807) is 54.6 Å². The van der Waals surface area contributed by atoms with Crippen LogP contribution in [0.25, 0.3) is 0 Å². The first kappa shape index (κ1) is 20.0. The predicted molar refractivity (Wildman–Crippen MR) is 104 cm³/mol. The number of rotatable bonds is 9. The average molecular weight is 368 g/mol. The van der Waals surface area contributed by atoms with Crippen molar-refractivity contribution in [2.75, 3.05) is 13.2 Å². The van der Waals surface area contributed by atoms with Gasteiger partial charge in [-0.25, -0.2) is 0 Å². The molecule has 0 fully saturated rings. The largest absolute Gasteiger partial charge is 0.493 e. The van der Waals surface area contributed by atoms with Crippen molar-refractivity contribution in [3.05, 3.63) is 72.3 Å². The molecular weight excluding hydrogens is 344 g/mol. The highest BCUT2D eigenvalue weighted by molar-refractivity contribution is 6.00. The van der Waals surface area contributed by atoms with Crippen LogP contribution >= 0.6 is 0 Å². The van der Waals surface area contributed by atoms with Gasteiger partial charge in [-0.2, -0.15) is 0 Å². The van der Waals surface area contributed by atoms with E-state index in [-0.39, 0.29) is 0 Å². The highest BCUT2D eigenvalue weighted by atomic mass is 16.5. The molecule has 6 heteroatoms. The number of hydrogen-bond donors (Lipinski definition) is 2. The van der Waals surface area contributed by atoms with Gasteiger partial charge in [0.1, 0.15) is 18.1 Å². The summed E-state index contributed by atoms with van der Waals surface area (Å²) in [5.74, 6) is 0.249. The number of carbonyl (C=O) groups excluding carboxylic acids is 2. The van der Waals surface area contributed by atoms with Gasteiger partial charge in [0, 0.05) is 5.56 Å². The number of nitrogens with one attached hydrogen (secondary N) is 2. The summed E-state index contributed by atoms with van der Waals surface area (Å²) in [6.45, 7) is 6.57. The summed E-state index contributed by atoms with van der Waals surface area (Å²) in [4.78, 5) is 24.6. The van der Waals surface area contributed by atoms with Crippen LogP contribution in [0.4, 0.5) is 0 Å². The number of hydrazine groups is 1. The third-order valence-corrected chi connectivity index (χ3v) is 3.66. The third kappa shape index (κ3) is 6.18. The van der Waals surface area contributed by atoms with Crippen molar-refractivity contribution in [3.63, 3.8) is 0 Å². The van der Waals surface area contributed by atoms with Gasteiger partial charge in [-0.05, 0) is 42.8 Å². The Morgan fingerprint density at radius 1 is 1.00 bits per heavy atom. The van der Waals surface area contributed by atoms with E-state index in [0.717, 1.165) is 12.8 Å². The molecule has 0 radical (unpaired) electrons. The van der Waals surface area contributed by atoms with E-state index in [2.05, 4.69) is 24.4 Å². The minimum atomic E-state index is -0.443. The van der Waals surface area contributed by atoms with Gasteiger partial charge in [0.25, 0.3) is 11.8 Å². The Balaban J connectivity index is 1.93. The van der Waals surface area contributed by atoms with Gasteiger partial charge in [0.05, 0.1) is 12.2 Å². The van der Waals surface area contributed by atoms with E-state index >= 15 is 0 Å². The van der Waals surface area contributed by atoms with Gasteiger partial charge in [-0.15, -0.1) is 0 Å². The number of unbranched alkanes of at least 4 members (excludes halogenated alkanes) is 1. The van der Waals surface area contributed by atoms with Crippen molar-refractivity contribution in [3.8, 4) is 11.5 Å². The van der Waals surface area contributed by atoms with Gasteiger partial charge in [0.15, 0.2) is 0 Å². The molecule has 0 aliphatic rings. The second-order valence-corrected chi connectivity index (χ2v) is 5.73. The lowest BCUT2D eigenvalue weighted by molar-refractivity contribution is 0.0844. The van der Waals surface area contributed by atoms with Crippen molar-refractivity contribution >= 4 is 11.8 Å². The molecule has 142 valence electrons. The zero-order valence-electron chi connectivity index (χ0n) is 15.4. The van der Waals surface area contributed by atoms with E-state index in [1.807, 2.05) is 0 Å². The zero-order chi connectivity index (χ0) is 19.5. The topological polar surface area (TPSA) is 76.7 Å². The fourth-order valence-electron chi connectivity index (χ4n) is 2.22. The number of carbonyl (C=O) groups is 2.